The van der Waals surface area contributed by atoms with Crippen LogP contribution >= 0.6 is 0 Å². The number of aryl methyl sites for hydroxylation is 1. The van der Waals surface area contributed by atoms with Crippen molar-refractivity contribution < 1.29 is 30.6 Å². The van der Waals surface area contributed by atoms with E-state index in [2.05, 4.69) is 0 Å². The van der Waals surface area contributed by atoms with Crippen molar-refractivity contribution in [3.63, 3.8) is 0 Å². The zero-order valence-electron chi connectivity index (χ0n) is 15.9. The first-order chi connectivity index (χ1) is 13.6. The second kappa shape index (κ2) is 8.23. The monoisotopic (exact) mass is 439 g/mol. The van der Waals surface area contributed by atoms with E-state index < -0.39 is 38.3 Å². The van der Waals surface area contributed by atoms with Crippen LogP contribution < -0.4 is 0 Å². The van der Waals surface area contributed by atoms with Crippen molar-refractivity contribution in [1.82, 2.24) is 4.31 Å². The molecule has 0 unspecified atom stereocenters. The number of carbonyl (C=O) groups is 1. The number of nitrogens with zero attached hydrogens (tertiary/aromatic N) is 1. The van der Waals surface area contributed by atoms with Gasteiger partial charge in [-0.15, -0.1) is 0 Å². The summed E-state index contributed by atoms with van der Waals surface area (Å²) in [6.45, 7) is 1.53. The predicted octanol–water partition coefficient (Wildman–Crippen LogP) is 1.71. The lowest BCUT2D eigenvalue weighted by Gasteiger charge is -2.21. The first-order valence-electron chi connectivity index (χ1n) is 8.80. The molecule has 29 heavy (non-hydrogen) atoms. The Morgan fingerprint density at radius 1 is 0.966 bits per heavy atom. The van der Waals surface area contributed by atoms with E-state index in [1.54, 1.807) is 30.3 Å². The highest BCUT2D eigenvalue weighted by Crippen LogP contribution is 2.30. The normalized spacial score (nSPS) is 20.5. The van der Waals surface area contributed by atoms with Crippen molar-refractivity contribution in [3.05, 3.63) is 60.2 Å². The molecule has 1 aliphatic rings. The number of benzene rings is 2. The summed E-state index contributed by atoms with van der Waals surface area (Å²) >= 11 is 0. The number of carbonyl (C=O) groups excluding carboxylic acids is 1. The Morgan fingerprint density at radius 3 is 2.17 bits per heavy atom. The van der Waals surface area contributed by atoms with Crippen molar-refractivity contribution in [1.29, 1.82) is 0 Å². The second-order valence-corrected chi connectivity index (χ2v) is 10.1. The summed E-state index contributed by atoms with van der Waals surface area (Å²) in [5.74, 6) is -0.775. The van der Waals surface area contributed by atoms with Gasteiger partial charge >= 0.3 is 5.97 Å². The third-order valence-corrected chi connectivity index (χ3v) is 7.88. The molecule has 8 nitrogen and oxygen atoms in total. The Morgan fingerprint density at radius 2 is 1.59 bits per heavy atom. The molecule has 156 valence electrons. The summed E-state index contributed by atoms with van der Waals surface area (Å²) in [5, 5.41) is 0. The Hall–Kier alpha value is -2.27. The number of hydrogen-bond donors (Lipinski definition) is 0. The minimum Gasteiger partial charge on any atom is -0.468 e. The van der Waals surface area contributed by atoms with Gasteiger partial charge < -0.3 is 4.74 Å². The highest BCUT2D eigenvalue weighted by atomic mass is 32.2. The SMILES string of the molecule is COC(=O)[C@@H]1C[C@@H](OS(=O)(=O)c2ccc(C)cc2)CN1S(=O)(=O)c1ccccc1. The molecule has 10 heteroatoms. The molecule has 0 aromatic heterocycles. The maximum absolute atomic E-state index is 13.0. The molecule has 1 heterocycles. The van der Waals surface area contributed by atoms with E-state index in [1.807, 2.05) is 6.92 Å². The van der Waals surface area contributed by atoms with Crippen molar-refractivity contribution in [3.8, 4) is 0 Å². The van der Waals surface area contributed by atoms with Crippen LogP contribution in [0.1, 0.15) is 12.0 Å². The van der Waals surface area contributed by atoms with Crippen LogP contribution in [0.2, 0.25) is 0 Å². The van der Waals surface area contributed by atoms with E-state index in [-0.39, 0.29) is 22.8 Å². The molecule has 0 aliphatic carbocycles. The van der Waals surface area contributed by atoms with Gasteiger partial charge in [0.15, 0.2) is 0 Å². The molecule has 2 atom stereocenters. The minimum atomic E-state index is -4.12. The summed E-state index contributed by atoms with van der Waals surface area (Å²) in [5.41, 5.74) is 0.885. The van der Waals surface area contributed by atoms with Crippen molar-refractivity contribution in [2.45, 2.75) is 35.3 Å². The quantitative estimate of drug-likeness (QED) is 0.498. The van der Waals surface area contributed by atoms with Crippen LogP contribution in [0.25, 0.3) is 0 Å². The van der Waals surface area contributed by atoms with Crippen molar-refractivity contribution in [2.24, 2.45) is 0 Å². The number of sulfonamides is 1. The molecule has 1 fully saturated rings. The largest absolute Gasteiger partial charge is 0.468 e. The van der Waals surface area contributed by atoms with Gasteiger partial charge in [-0.25, -0.2) is 8.42 Å². The van der Waals surface area contributed by atoms with Crippen LogP contribution in [-0.2, 0) is 33.9 Å². The number of methoxy groups -OCH3 is 1. The minimum absolute atomic E-state index is 0.00375. The van der Waals surface area contributed by atoms with Crippen LogP contribution in [-0.4, -0.2) is 52.9 Å². The van der Waals surface area contributed by atoms with E-state index in [9.17, 15) is 21.6 Å². The third-order valence-electron chi connectivity index (χ3n) is 4.61. The van der Waals surface area contributed by atoms with Gasteiger partial charge in [0.1, 0.15) is 6.04 Å². The molecule has 2 aromatic rings. The van der Waals surface area contributed by atoms with Crippen LogP contribution in [0.5, 0.6) is 0 Å². The molecule has 0 radical (unpaired) electrons. The highest BCUT2D eigenvalue weighted by molar-refractivity contribution is 7.89. The zero-order chi connectivity index (χ0) is 21.2. The van der Waals surface area contributed by atoms with Gasteiger partial charge in [-0.2, -0.15) is 12.7 Å². The summed E-state index contributed by atoms with van der Waals surface area (Å²) in [6, 6.07) is 12.5. The van der Waals surface area contributed by atoms with E-state index in [0.717, 1.165) is 17.0 Å². The van der Waals surface area contributed by atoms with E-state index in [4.69, 9.17) is 8.92 Å². The number of esters is 1. The fourth-order valence-corrected chi connectivity index (χ4v) is 5.84. The smallest absolute Gasteiger partial charge is 0.324 e. The lowest BCUT2D eigenvalue weighted by molar-refractivity contribution is -0.144. The number of hydrogen-bond acceptors (Lipinski definition) is 7. The molecular weight excluding hydrogens is 418 g/mol. The van der Waals surface area contributed by atoms with Gasteiger partial charge in [0, 0.05) is 13.0 Å². The first-order valence-corrected chi connectivity index (χ1v) is 11.6. The fraction of sp³-hybridized carbons (Fsp3) is 0.316. The number of rotatable bonds is 6. The molecule has 0 amide bonds. The highest BCUT2D eigenvalue weighted by Gasteiger charge is 2.46. The standard InChI is InChI=1S/C19H21NO7S2/c1-14-8-10-17(11-9-14)29(24,25)27-15-12-18(19(21)26-2)20(13-15)28(22,23)16-6-4-3-5-7-16/h3-11,15,18H,12-13H2,1-2H3/t15-,18+/m1/s1. The van der Waals surface area contributed by atoms with Crippen LogP contribution in [0.15, 0.2) is 64.4 Å². The van der Waals surface area contributed by atoms with Gasteiger partial charge in [-0.3, -0.25) is 8.98 Å². The van der Waals surface area contributed by atoms with Gasteiger partial charge in [0.05, 0.1) is 23.0 Å². The maximum Gasteiger partial charge on any atom is 0.324 e. The van der Waals surface area contributed by atoms with Crippen LogP contribution in [0, 0.1) is 6.92 Å². The molecule has 0 spiro atoms. The summed E-state index contributed by atoms with van der Waals surface area (Å²) in [4.78, 5) is 12.1. The summed E-state index contributed by atoms with van der Waals surface area (Å²) in [7, 11) is -7.02. The topological polar surface area (TPSA) is 107 Å². The molecule has 1 saturated heterocycles. The Labute approximate surface area is 170 Å². The average Bonchev–Trinajstić information content (AvgIpc) is 3.12. The third kappa shape index (κ3) is 4.50. The lowest BCUT2D eigenvalue weighted by Crippen LogP contribution is -2.41. The fourth-order valence-electron chi connectivity index (χ4n) is 3.12. The Balaban J connectivity index is 1.88. The van der Waals surface area contributed by atoms with Gasteiger partial charge in [-0.1, -0.05) is 35.9 Å². The molecule has 0 saturated carbocycles. The zero-order valence-corrected chi connectivity index (χ0v) is 17.5. The van der Waals surface area contributed by atoms with E-state index in [1.165, 1.54) is 24.3 Å². The van der Waals surface area contributed by atoms with E-state index in [0.29, 0.717) is 0 Å². The molecule has 3 rings (SSSR count). The van der Waals surface area contributed by atoms with Crippen molar-refractivity contribution >= 4 is 26.1 Å². The summed E-state index contributed by atoms with van der Waals surface area (Å²) in [6.07, 6.45) is -1.16. The molecule has 0 bridgehead atoms. The molecule has 1 aliphatic heterocycles. The predicted molar refractivity (Wildman–Crippen MR) is 104 cm³/mol. The van der Waals surface area contributed by atoms with Crippen LogP contribution in [0.4, 0.5) is 0 Å². The second-order valence-electron chi connectivity index (χ2n) is 6.65. The van der Waals surface area contributed by atoms with Gasteiger partial charge in [-0.05, 0) is 31.2 Å². The Kier molecular flexibility index (Phi) is 6.08. The summed E-state index contributed by atoms with van der Waals surface area (Å²) < 4.78 is 62.0. The van der Waals surface area contributed by atoms with Gasteiger partial charge in [0.25, 0.3) is 10.1 Å². The van der Waals surface area contributed by atoms with Crippen LogP contribution in [0.3, 0.4) is 0 Å². The van der Waals surface area contributed by atoms with Crippen molar-refractivity contribution in [2.75, 3.05) is 13.7 Å². The average molecular weight is 440 g/mol. The maximum atomic E-state index is 13.0. The molecule has 2 aromatic carbocycles. The number of ether oxygens (including phenoxy) is 1. The first kappa shape index (κ1) is 21.4. The van der Waals surface area contributed by atoms with E-state index >= 15 is 0 Å². The Bertz CT molecular complexity index is 1080. The lowest BCUT2D eigenvalue weighted by atomic mass is 10.2. The van der Waals surface area contributed by atoms with Gasteiger partial charge in [0.2, 0.25) is 10.0 Å². The molecular formula is C19H21NO7S2. The molecule has 0 N–H and O–H groups in total.